The predicted molar refractivity (Wildman–Crippen MR) is 180 cm³/mol. The number of aryl methyl sites for hydroxylation is 1. The minimum absolute atomic E-state index is 0.00557. The van der Waals surface area contributed by atoms with Gasteiger partial charge in [-0.05, 0) is 108 Å². The highest BCUT2D eigenvalue weighted by Crippen LogP contribution is 2.60. The number of hydrogen-bond acceptors (Lipinski definition) is 9. The molecular formula is C39H43NO8. The fourth-order valence-electron chi connectivity index (χ4n) is 7.86. The molecule has 4 aromatic rings. The number of ether oxygens (including phenoxy) is 2. The van der Waals surface area contributed by atoms with Gasteiger partial charge in [0, 0.05) is 18.4 Å². The van der Waals surface area contributed by atoms with Crippen molar-refractivity contribution < 1.29 is 39.8 Å². The van der Waals surface area contributed by atoms with Gasteiger partial charge in [0.25, 0.3) is 0 Å². The maximum absolute atomic E-state index is 13.3. The number of nitrogens with two attached hydrogens (primary N) is 1. The Morgan fingerprint density at radius 2 is 1.65 bits per heavy atom. The number of phenolic OH excluding ortho intramolecular Hbond substituents is 4. The van der Waals surface area contributed by atoms with Gasteiger partial charge >= 0.3 is 0 Å². The summed E-state index contributed by atoms with van der Waals surface area (Å²) in [7, 11) is 0. The molecule has 0 aliphatic heterocycles. The normalized spacial score (nSPS) is 20.5. The molecule has 2 bridgehead atoms. The van der Waals surface area contributed by atoms with Gasteiger partial charge in [0.1, 0.15) is 24.9 Å². The maximum Gasteiger partial charge on any atom is 0.200 e. The second kappa shape index (κ2) is 14.6. The number of carbonyl (C=O) groups is 1. The maximum atomic E-state index is 13.3. The smallest absolute Gasteiger partial charge is 0.200 e. The van der Waals surface area contributed by atoms with Crippen molar-refractivity contribution in [1.82, 2.24) is 0 Å². The fraction of sp³-hybridized carbons (Fsp3) is 0.359. The topological polar surface area (TPSA) is 163 Å². The van der Waals surface area contributed by atoms with Gasteiger partial charge in [-0.1, -0.05) is 48.5 Å². The van der Waals surface area contributed by atoms with E-state index in [2.05, 4.69) is 12.1 Å². The number of fused-ring (bicyclic) bond motifs is 3. The van der Waals surface area contributed by atoms with E-state index in [0.29, 0.717) is 12.8 Å². The lowest BCUT2D eigenvalue weighted by molar-refractivity contribution is -0.121. The first-order valence-electron chi connectivity index (χ1n) is 16.6. The first kappa shape index (κ1) is 33.2. The lowest BCUT2D eigenvalue weighted by Gasteiger charge is -2.40. The summed E-state index contributed by atoms with van der Waals surface area (Å²) in [6, 6.07) is 23.5. The van der Waals surface area contributed by atoms with Crippen molar-refractivity contribution in [2.45, 2.75) is 69.5 Å². The molecule has 1 saturated carbocycles. The zero-order chi connectivity index (χ0) is 33.8. The Hall–Kier alpha value is -4.73. The SMILES string of the molecule is NCOc1cc(CCC(=O)C[C@H](O)[C@@H]2CC[C@@H]3C[C@@H](Cc4ccccc4)[C@@H]2c2cc(O)c(O)c(OCc4cccc(O)c4)c23)ccc1O. The van der Waals surface area contributed by atoms with Crippen molar-refractivity contribution in [1.29, 1.82) is 0 Å². The molecule has 3 aliphatic carbocycles. The summed E-state index contributed by atoms with van der Waals surface area (Å²) < 4.78 is 11.5. The van der Waals surface area contributed by atoms with Crippen LogP contribution in [0.4, 0.5) is 0 Å². The molecule has 252 valence electrons. The molecule has 0 spiro atoms. The zero-order valence-corrected chi connectivity index (χ0v) is 26.8. The molecule has 0 heterocycles. The molecule has 0 amide bonds. The van der Waals surface area contributed by atoms with Gasteiger partial charge in [0.15, 0.2) is 23.0 Å². The summed E-state index contributed by atoms with van der Waals surface area (Å²) in [5, 5.41) is 53.7. The van der Waals surface area contributed by atoms with Crippen molar-refractivity contribution in [2.75, 3.05) is 6.73 Å². The van der Waals surface area contributed by atoms with Gasteiger partial charge in [-0.25, -0.2) is 0 Å². The highest BCUT2D eigenvalue weighted by Gasteiger charge is 2.47. The van der Waals surface area contributed by atoms with Crippen LogP contribution in [0.1, 0.15) is 71.8 Å². The molecule has 9 nitrogen and oxygen atoms in total. The van der Waals surface area contributed by atoms with Crippen LogP contribution in [0.5, 0.6) is 34.5 Å². The third kappa shape index (κ3) is 7.22. The van der Waals surface area contributed by atoms with Crippen LogP contribution < -0.4 is 15.2 Å². The third-order valence-corrected chi connectivity index (χ3v) is 10.00. The second-order valence-corrected chi connectivity index (χ2v) is 13.1. The molecule has 3 aliphatic rings. The average molecular weight is 654 g/mol. The van der Waals surface area contributed by atoms with Gasteiger partial charge in [-0.15, -0.1) is 0 Å². The largest absolute Gasteiger partial charge is 0.508 e. The summed E-state index contributed by atoms with van der Waals surface area (Å²) in [6.45, 7) is 0.00659. The molecule has 4 aromatic carbocycles. The molecule has 1 fully saturated rings. The van der Waals surface area contributed by atoms with Crippen molar-refractivity contribution in [3.8, 4) is 34.5 Å². The second-order valence-electron chi connectivity index (χ2n) is 13.1. The van der Waals surface area contributed by atoms with E-state index in [1.54, 1.807) is 36.4 Å². The zero-order valence-electron chi connectivity index (χ0n) is 26.8. The summed E-state index contributed by atoms with van der Waals surface area (Å²) in [5.41, 5.74) is 9.87. The Balaban J connectivity index is 1.27. The van der Waals surface area contributed by atoms with Crippen LogP contribution in [0.3, 0.4) is 0 Å². The standard InChI is InChI=1S/C39H43NO8/c40-22-48-35-17-24(10-14-32(35)43)9-12-29(42)19-33(44)30-13-11-26-18-27(15-23-5-2-1-3-6-23)36(30)31-20-34(45)38(46)39(37(26)31)47-21-25-7-4-8-28(41)16-25/h1-8,10,14,16-17,20,26-27,30,33,36,41,43-46H,9,11-13,15,18-19,21-22,40H2/t26-,27-,30+,33+,36+/m1/s1. The molecule has 0 saturated heterocycles. The fourth-order valence-corrected chi connectivity index (χ4v) is 7.86. The van der Waals surface area contributed by atoms with Gasteiger partial charge < -0.3 is 35.0 Å². The Morgan fingerprint density at radius 1 is 0.854 bits per heavy atom. The van der Waals surface area contributed by atoms with E-state index >= 15 is 0 Å². The summed E-state index contributed by atoms with van der Waals surface area (Å²) >= 11 is 0. The molecular weight excluding hydrogens is 610 g/mol. The van der Waals surface area contributed by atoms with E-state index in [1.165, 1.54) is 11.6 Å². The number of aliphatic hydroxyl groups excluding tert-OH is 1. The number of aliphatic hydroxyl groups is 1. The molecule has 0 radical (unpaired) electrons. The van der Waals surface area contributed by atoms with E-state index in [0.717, 1.165) is 41.5 Å². The summed E-state index contributed by atoms with van der Waals surface area (Å²) in [6.07, 6.45) is 2.72. The Bertz CT molecular complexity index is 1740. The van der Waals surface area contributed by atoms with E-state index in [1.807, 2.05) is 24.3 Å². The number of benzene rings is 4. The monoisotopic (exact) mass is 653 g/mol. The van der Waals surface area contributed by atoms with Gasteiger partial charge in [-0.3, -0.25) is 10.5 Å². The molecule has 0 unspecified atom stereocenters. The van der Waals surface area contributed by atoms with Crippen molar-refractivity contribution in [3.63, 3.8) is 0 Å². The van der Waals surface area contributed by atoms with Crippen LogP contribution in [-0.4, -0.2) is 44.2 Å². The molecule has 0 aromatic heterocycles. The minimum atomic E-state index is -0.908. The van der Waals surface area contributed by atoms with Gasteiger partial charge in [0.2, 0.25) is 5.75 Å². The Labute approximate surface area is 280 Å². The molecule has 7 rings (SSSR count). The molecule has 48 heavy (non-hydrogen) atoms. The number of rotatable bonds is 13. The first-order chi connectivity index (χ1) is 23.2. The highest BCUT2D eigenvalue weighted by atomic mass is 16.5. The lowest BCUT2D eigenvalue weighted by Crippen LogP contribution is -2.34. The van der Waals surface area contributed by atoms with Crippen LogP contribution in [0, 0.1) is 11.8 Å². The Morgan fingerprint density at radius 3 is 2.42 bits per heavy atom. The lowest BCUT2D eigenvalue weighted by atomic mass is 9.65. The number of ketones is 1. The minimum Gasteiger partial charge on any atom is -0.508 e. The van der Waals surface area contributed by atoms with Crippen molar-refractivity contribution in [2.24, 2.45) is 17.6 Å². The van der Waals surface area contributed by atoms with Crippen molar-refractivity contribution in [3.05, 3.63) is 107 Å². The van der Waals surface area contributed by atoms with Gasteiger partial charge in [0.05, 0.1) is 6.10 Å². The average Bonchev–Trinajstić information content (AvgIpc) is 3.34. The highest BCUT2D eigenvalue weighted by molar-refractivity contribution is 5.79. The predicted octanol–water partition coefficient (Wildman–Crippen LogP) is 6.18. The molecule has 5 atom stereocenters. The number of hydrogen-bond donors (Lipinski definition) is 6. The van der Waals surface area contributed by atoms with E-state index in [-0.39, 0.29) is 90.1 Å². The number of phenols is 4. The van der Waals surface area contributed by atoms with Crippen LogP contribution in [0.2, 0.25) is 0 Å². The van der Waals surface area contributed by atoms with Gasteiger partial charge in [-0.2, -0.15) is 0 Å². The van der Waals surface area contributed by atoms with Crippen LogP contribution >= 0.6 is 0 Å². The first-order valence-corrected chi connectivity index (χ1v) is 16.6. The third-order valence-electron chi connectivity index (χ3n) is 10.00. The number of Topliss-reactive ketones (excluding diaryl/α,β-unsaturated/α-hetero) is 1. The van der Waals surface area contributed by atoms with Crippen LogP contribution in [0.15, 0.2) is 78.9 Å². The van der Waals surface area contributed by atoms with Crippen LogP contribution in [-0.2, 0) is 24.2 Å². The Kier molecular flexibility index (Phi) is 10.1. The molecule has 7 N–H and O–H groups in total. The van der Waals surface area contributed by atoms with E-state index < -0.39 is 6.10 Å². The quantitative estimate of drug-likeness (QED) is 0.0731. The van der Waals surface area contributed by atoms with Crippen LogP contribution in [0.25, 0.3) is 0 Å². The summed E-state index contributed by atoms with van der Waals surface area (Å²) in [5.74, 6) is -0.391. The summed E-state index contributed by atoms with van der Waals surface area (Å²) in [4.78, 5) is 13.3. The number of aromatic hydroxyl groups is 4. The van der Waals surface area contributed by atoms with E-state index in [4.69, 9.17) is 15.2 Å². The van der Waals surface area contributed by atoms with E-state index in [9.17, 15) is 30.3 Å². The molecule has 9 heteroatoms. The van der Waals surface area contributed by atoms with Crippen molar-refractivity contribution >= 4 is 5.78 Å². The number of carbonyl (C=O) groups excluding carboxylic acids is 1.